The largest absolute Gasteiger partial charge is 0.489 e. The molecule has 6 heteroatoms. The quantitative estimate of drug-likeness (QED) is 0.846. The first-order valence-electron chi connectivity index (χ1n) is 7.29. The SMILES string of the molecule is CCN(CCO)C(=O)c1occc1COc1cccc(C#N)c1. The third-order valence-corrected chi connectivity index (χ3v) is 3.34. The number of carbonyl (C=O) groups is 1. The molecule has 0 aliphatic rings. The van der Waals surface area contributed by atoms with Gasteiger partial charge in [0.05, 0.1) is 24.5 Å². The predicted octanol–water partition coefficient (Wildman–Crippen LogP) is 2.18. The van der Waals surface area contributed by atoms with Crippen LogP contribution in [0.25, 0.3) is 0 Å². The van der Waals surface area contributed by atoms with E-state index >= 15 is 0 Å². The number of furan rings is 1. The van der Waals surface area contributed by atoms with Gasteiger partial charge in [0.1, 0.15) is 12.4 Å². The smallest absolute Gasteiger partial charge is 0.290 e. The summed E-state index contributed by atoms with van der Waals surface area (Å²) in [5.74, 6) is 0.471. The number of ether oxygens (including phenoxy) is 1. The monoisotopic (exact) mass is 314 g/mol. The minimum Gasteiger partial charge on any atom is -0.489 e. The van der Waals surface area contributed by atoms with Crippen molar-refractivity contribution in [2.45, 2.75) is 13.5 Å². The van der Waals surface area contributed by atoms with Gasteiger partial charge < -0.3 is 19.2 Å². The fourth-order valence-electron chi connectivity index (χ4n) is 2.12. The van der Waals surface area contributed by atoms with Crippen molar-refractivity contribution in [1.29, 1.82) is 5.26 Å². The third kappa shape index (κ3) is 4.11. The molecule has 1 heterocycles. The van der Waals surface area contributed by atoms with E-state index in [-0.39, 0.29) is 31.4 Å². The number of amides is 1. The maximum absolute atomic E-state index is 12.4. The molecule has 0 fully saturated rings. The molecule has 0 atom stereocenters. The first kappa shape index (κ1) is 16.6. The summed E-state index contributed by atoms with van der Waals surface area (Å²) in [6.07, 6.45) is 1.43. The lowest BCUT2D eigenvalue weighted by Gasteiger charge is -2.18. The molecule has 1 amide bonds. The number of aliphatic hydroxyl groups is 1. The van der Waals surface area contributed by atoms with Crippen LogP contribution < -0.4 is 4.74 Å². The maximum atomic E-state index is 12.4. The zero-order valence-corrected chi connectivity index (χ0v) is 12.9. The molecule has 23 heavy (non-hydrogen) atoms. The number of benzene rings is 1. The summed E-state index contributed by atoms with van der Waals surface area (Å²) in [7, 11) is 0. The Bertz CT molecular complexity index is 703. The highest BCUT2D eigenvalue weighted by Gasteiger charge is 2.21. The highest BCUT2D eigenvalue weighted by atomic mass is 16.5. The molecule has 0 radical (unpaired) electrons. The average molecular weight is 314 g/mol. The maximum Gasteiger partial charge on any atom is 0.290 e. The minimum absolute atomic E-state index is 0.104. The van der Waals surface area contributed by atoms with E-state index < -0.39 is 0 Å². The molecule has 2 rings (SSSR count). The summed E-state index contributed by atoms with van der Waals surface area (Å²) in [6.45, 7) is 2.61. The van der Waals surface area contributed by atoms with Crippen molar-refractivity contribution in [3.05, 3.63) is 53.5 Å². The van der Waals surface area contributed by atoms with Crippen molar-refractivity contribution in [2.24, 2.45) is 0 Å². The van der Waals surface area contributed by atoms with Crippen molar-refractivity contribution in [3.8, 4) is 11.8 Å². The van der Waals surface area contributed by atoms with Gasteiger partial charge >= 0.3 is 0 Å². The van der Waals surface area contributed by atoms with Gasteiger partial charge in [-0.05, 0) is 31.2 Å². The standard InChI is InChI=1S/C17H18N2O4/c1-2-19(7-8-20)17(21)16-14(6-9-22-16)12-23-15-5-3-4-13(10-15)11-18/h3-6,9-10,20H,2,7-8,12H2,1H3. The summed E-state index contributed by atoms with van der Waals surface area (Å²) in [6, 6.07) is 10.5. The normalized spacial score (nSPS) is 10.1. The molecule has 0 saturated heterocycles. The van der Waals surface area contributed by atoms with Crippen LogP contribution in [0.3, 0.4) is 0 Å². The van der Waals surface area contributed by atoms with Gasteiger partial charge in [-0.25, -0.2) is 0 Å². The van der Waals surface area contributed by atoms with Crippen LogP contribution in [0, 0.1) is 11.3 Å². The van der Waals surface area contributed by atoms with Gasteiger partial charge in [-0.3, -0.25) is 4.79 Å². The van der Waals surface area contributed by atoms with Crippen LogP contribution in [0.1, 0.15) is 28.6 Å². The van der Waals surface area contributed by atoms with Gasteiger partial charge in [0.2, 0.25) is 0 Å². The number of hydrogen-bond acceptors (Lipinski definition) is 5. The van der Waals surface area contributed by atoms with Crippen LogP contribution in [0.15, 0.2) is 41.0 Å². The Labute approximate surface area is 134 Å². The van der Waals surface area contributed by atoms with Crippen molar-refractivity contribution in [3.63, 3.8) is 0 Å². The Morgan fingerprint density at radius 2 is 2.26 bits per heavy atom. The van der Waals surface area contributed by atoms with Crippen LogP contribution >= 0.6 is 0 Å². The second kappa shape index (κ2) is 8.01. The zero-order valence-electron chi connectivity index (χ0n) is 12.9. The Morgan fingerprint density at radius 3 is 2.96 bits per heavy atom. The number of carbonyl (C=O) groups excluding carboxylic acids is 1. The zero-order chi connectivity index (χ0) is 16.7. The summed E-state index contributed by atoms with van der Waals surface area (Å²) >= 11 is 0. The van der Waals surface area contributed by atoms with Crippen molar-refractivity contribution in [2.75, 3.05) is 19.7 Å². The molecular formula is C17H18N2O4. The van der Waals surface area contributed by atoms with Gasteiger partial charge in [-0.15, -0.1) is 0 Å². The third-order valence-electron chi connectivity index (χ3n) is 3.34. The van der Waals surface area contributed by atoms with Crippen LogP contribution in [-0.2, 0) is 6.61 Å². The minimum atomic E-state index is -0.282. The highest BCUT2D eigenvalue weighted by Crippen LogP contribution is 2.18. The number of nitriles is 1. The Morgan fingerprint density at radius 1 is 1.43 bits per heavy atom. The van der Waals surface area contributed by atoms with Crippen molar-refractivity contribution >= 4 is 5.91 Å². The van der Waals surface area contributed by atoms with Crippen molar-refractivity contribution in [1.82, 2.24) is 4.90 Å². The van der Waals surface area contributed by atoms with E-state index in [4.69, 9.17) is 19.5 Å². The Balaban J connectivity index is 2.09. The molecule has 0 spiro atoms. The van der Waals surface area contributed by atoms with Crippen molar-refractivity contribution < 1.29 is 19.1 Å². The molecule has 0 aliphatic carbocycles. The first-order chi connectivity index (χ1) is 11.2. The molecular weight excluding hydrogens is 296 g/mol. The van der Waals surface area contributed by atoms with E-state index in [0.717, 1.165) is 0 Å². The second-order valence-corrected chi connectivity index (χ2v) is 4.81. The lowest BCUT2D eigenvalue weighted by molar-refractivity contribution is 0.0696. The van der Waals surface area contributed by atoms with Gasteiger partial charge in [0.25, 0.3) is 5.91 Å². The highest BCUT2D eigenvalue weighted by molar-refractivity contribution is 5.92. The number of aliphatic hydroxyl groups excluding tert-OH is 1. The van der Waals surface area contributed by atoms with E-state index in [1.807, 2.05) is 13.0 Å². The van der Waals surface area contributed by atoms with Crippen LogP contribution in [0.5, 0.6) is 5.75 Å². The topological polar surface area (TPSA) is 86.7 Å². The number of nitrogens with zero attached hydrogens (tertiary/aromatic N) is 2. The Kier molecular flexibility index (Phi) is 5.78. The molecule has 0 bridgehead atoms. The van der Waals surface area contributed by atoms with Gasteiger partial charge in [-0.2, -0.15) is 5.26 Å². The van der Waals surface area contributed by atoms with Gasteiger partial charge in [-0.1, -0.05) is 6.07 Å². The number of hydrogen-bond donors (Lipinski definition) is 1. The van der Waals surface area contributed by atoms with Crippen LogP contribution in [0.4, 0.5) is 0 Å². The fourth-order valence-corrected chi connectivity index (χ4v) is 2.12. The summed E-state index contributed by atoms with van der Waals surface area (Å²) in [5, 5.41) is 17.9. The predicted molar refractivity (Wildman–Crippen MR) is 82.9 cm³/mol. The summed E-state index contributed by atoms with van der Waals surface area (Å²) < 4.78 is 10.9. The molecule has 0 unspecified atom stereocenters. The van der Waals surface area contributed by atoms with E-state index in [9.17, 15) is 4.79 Å². The lowest BCUT2D eigenvalue weighted by Crippen LogP contribution is -2.33. The molecule has 2 aromatic rings. The van der Waals surface area contributed by atoms with E-state index in [0.29, 0.717) is 23.4 Å². The Hall–Kier alpha value is -2.78. The first-order valence-corrected chi connectivity index (χ1v) is 7.29. The number of rotatable bonds is 7. The van der Waals surface area contributed by atoms with E-state index in [2.05, 4.69) is 0 Å². The number of likely N-dealkylation sites (N-methyl/N-ethyl adjacent to an activating group) is 1. The van der Waals surface area contributed by atoms with Crippen LogP contribution in [0.2, 0.25) is 0 Å². The molecule has 1 aromatic heterocycles. The summed E-state index contributed by atoms with van der Waals surface area (Å²) in [4.78, 5) is 13.9. The van der Waals surface area contributed by atoms with Gasteiger partial charge in [0, 0.05) is 18.7 Å². The van der Waals surface area contributed by atoms with Crippen LogP contribution in [-0.4, -0.2) is 35.6 Å². The second-order valence-electron chi connectivity index (χ2n) is 4.81. The molecule has 0 saturated carbocycles. The fraction of sp³-hybridized carbons (Fsp3) is 0.294. The molecule has 1 N–H and O–H groups in total. The molecule has 1 aromatic carbocycles. The summed E-state index contributed by atoms with van der Waals surface area (Å²) in [5.41, 5.74) is 1.12. The molecule has 6 nitrogen and oxygen atoms in total. The molecule has 0 aliphatic heterocycles. The average Bonchev–Trinajstić information content (AvgIpc) is 3.06. The van der Waals surface area contributed by atoms with E-state index in [1.165, 1.54) is 11.2 Å². The lowest BCUT2D eigenvalue weighted by atomic mass is 10.2. The molecule has 120 valence electrons. The van der Waals surface area contributed by atoms with E-state index in [1.54, 1.807) is 30.3 Å². The van der Waals surface area contributed by atoms with Gasteiger partial charge in [0.15, 0.2) is 5.76 Å².